The molecule has 0 fully saturated rings. The summed E-state index contributed by atoms with van der Waals surface area (Å²) in [6.45, 7) is 4.25. The molecule has 1 amide bonds. The number of nitrogens with zero attached hydrogens (tertiary/aromatic N) is 1. The molecule has 0 saturated heterocycles. The van der Waals surface area contributed by atoms with Gasteiger partial charge in [-0.3, -0.25) is 9.78 Å². The predicted molar refractivity (Wildman–Crippen MR) is 98.1 cm³/mol. The molecule has 0 aliphatic rings. The van der Waals surface area contributed by atoms with Crippen LogP contribution in [0.1, 0.15) is 13.8 Å². The Hall–Kier alpha value is -3.08. The number of rotatable bonds is 6. The van der Waals surface area contributed by atoms with Crippen LogP contribution in [-0.4, -0.2) is 23.6 Å². The fourth-order valence-corrected chi connectivity index (χ4v) is 2.46. The molecule has 1 atom stereocenters. The van der Waals surface area contributed by atoms with Crippen molar-refractivity contribution < 1.29 is 14.3 Å². The van der Waals surface area contributed by atoms with Gasteiger partial charge in [-0.25, -0.2) is 0 Å². The smallest absolute Gasteiger partial charge is 0.265 e. The third-order valence-corrected chi connectivity index (χ3v) is 3.70. The number of para-hydroxylation sites is 1. The van der Waals surface area contributed by atoms with Gasteiger partial charge in [-0.15, -0.1) is 0 Å². The molecule has 3 rings (SSSR count). The Bertz CT molecular complexity index is 857. The molecular weight excluding hydrogens is 316 g/mol. The highest BCUT2D eigenvalue weighted by Crippen LogP contribution is 2.24. The van der Waals surface area contributed by atoms with Crippen LogP contribution in [0.5, 0.6) is 11.5 Å². The Morgan fingerprint density at radius 1 is 1.12 bits per heavy atom. The van der Waals surface area contributed by atoms with E-state index in [2.05, 4.69) is 10.3 Å². The highest BCUT2D eigenvalue weighted by atomic mass is 16.5. The zero-order valence-corrected chi connectivity index (χ0v) is 14.2. The summed E-state index contributed by atoms with van der Waals surface area (Å²) < 4.78 is 11.2. The van der Waals surface area contributed by atoms with Crippen molar-refractivity contribution in [2.45, 2.75) is 20.0 Å². The summed E-state index contributed by atoms with van der Waals surface area (Å²) in [4.78, 5) is 16.7. The van der Waals surface area contributed by atoms with Crippen molar-refractivity contribution in [1.82, 2.24) is 4.98 Å². The lowest BCUT2D eigenvalue weighted by Gasteiger charge is -2.16. The molecule has 1 heterocycles. The van der Waals surface area contributed by atoms with Crippen molar-refractivity contribution in [1.29, 1.82) is 0 Å². The van der Waals surface area contributed by atoms with Crippen molar-refractivity contribution in [3.05, 3.63) is 60.8 Å². The number of aromatic nitrogens is 1. The Balaban J connectivity index is 1.68. The highest BCUT2D eigenvalue weighted by Gasteiger charge is 2.16. The fourth-order valence-electron chi connectivity index (χ4n) is 2.46. The summed E-state index contributed by atoms with van der Waals surface area (Å²) in [7, 11) is 0. The van der Waals surface area contributed by atoms with E-state index >= 15 is 0 Å². The summed E-state index contributed by atoms with van der Waals surface area (Å²) >= 11 is 0. The number of hydrogen-bond acceptors (Lipinski definition) is 4. The number of carbonyl (C=O) groups excluding carboxylic acids is 1. The van der Waals surface area contributed by atoms with Gasteiger partial charge in [0.2, 0.25) is 0 Å². The van der Waals surface area contributed by atoms with E-state index in [1.54, 1.807) is 25.3 Å². The minimum Gasteiger partial charge on any atom is -0.494 e. The van der Waals surface area contributed by atoms with Crippen LogP contribution in [0.2, 0.25) is 0 Å². The van der Waals surface area contributed by atoms with Crippen molar-refractivity contribution >= 4 is 22.5 Å². The van der Waals surface area contributed by atoms with Crippen LogP contribution in [0.25, 0.3) is 10.9 Å². The lowest BCUT2D eigenvalue weighted by atomic mass is 10.2. The number of amides is 1. The summed E-state index contributed by atoms with van der Waals surface area (Å²) in [5.41, 5.74) is 1.44. The maximum atomic E-state index is 12.4. The van der Waals surface area contributed by atoms with E-state index in [1.807, 2.05) is 49.4 Å². The zero-order valence-electron chi connectivity index (χ0n) is 14.2. The number of anilines is 1. The van der Waals surface area contributed by atoms with E-state index in [4.69, 9.17) is 9.47 Å². The molecule has 0 spiro atoms. The Morgan fingerprint density at radius 3 is 2.64 bits per heavy atom. The summed E-state index contributed by atoms with van der Waals surface area (Å²) in [5.74, 6) is 1.14. The van der Waals surface area contributed by atoms with E-state index in [-0.39, 0.29) is 5.91 Å². The quantitative estimate of drug-likeness (QED) is 0.738. The minimum absolute atomic E-state index is 0.225. The van der Waals surface area contributed by atoms with Gasteiger partial charge in [0, 0.05) is 17.3 Å². The Morgan fingerprint density at radius 2 is 1.88 bits per heavy atom. The third-order valence-electron chi connectivity index (χ3n) is 3.70. The van der Waals surface area contributed by atoms with Gasteiger partial charge in [0.1, 0.15) is 17.0 Å². The van der Waals surface area contributed by atoms with Gasteiger partial charge in [0.05, 0.1) is 6.61 Å². The second-order valence-electron chi connectivity index (χ2n) is 5.54. The van der Waals surface area contributed by atoms with Crippen LogP contribution in [0, 0.1) is 0 Å². The molecule has 2 aromatic carbocycles. The summed E-state index contributed by atoms with van der Waals surface area (Å²) in [6.07, 6.45) is 1.05. The first-order valence-corrected chi connectivity index (χ1v) is 8.21. The van der Waals surface area contributed by atoms with Gasteiger partial charge in [0.25, 0.3) is 5.91 Å². The predicted octanol–water partition coefficient (Wildman–Crippen LogP) is 4.04. The van der Waals surface area contributed by atoms with Gasteiger partial charge in [-0.2, -0.15) is 0 Å². The lowest BCUT2D eigenvalue weighted by molar-refractivity contribution is -0.122. The number of pyridine rings is 1. The number of hydrogen-bond donors (Lipinski definition) is 1. The normalized spacial score (nSPS) is 11.8. The molecule has 0 bridgehead atoms. The van der Waals surface area contributed by atoms with Gasteiger partial charge in [-0.05, 0) is 50.2 Å². The molecule has 3 aromatic rings. The second-order valence-corrected chi connectivity index (χ2v) is 5.54. The molecule has 128 valence electrons. The van der Waals surface area contributed by atoms with Crippen LogP contribution in [0.15, 0.2) is 60.8 Å². The van der Waals surface area contributed by atoms with Gasteiger partial charge in [0.15, 0.2) is 6.10 Å². The van der Waals surface area contributed by atoms with Crippen molar-refractivity contribution in [3.8, 4) is 11.5 Å². The van der Waals surface area contributed by atoms with Crippen molar-refractivity contribution in [2.75, 3.05) is 11.9 Å². The lowest BCUT2D eigenvalue weighted by Crippen LogP contribution is -2.30. The van der Waals surface area contributed by atoms with Crippen molar-refractivity contribution in [2.24, 2.45) is 0 Å². The zero-order chi connectivity index (χ0) is 17.6. The SMILES string of the molecule is CCOc1ccc(NC(=O)[C@H](C)Oc2cccc3cccnc23)cc1. The molecule has 5 nitrogen and oxygen atoms in total. The number of benzene rings is 2. The third kappa shape index (κ3) is 4.07. The Labute approximate surface area is 146 Å². The van der Waals surface area contributed by atoms with Crippen molar-refractivity contribution in [3.63, 3.8) is 0 Å². The van der Waals surface area contributed by atoms with E-state index < -0.39 is 6.10 Å². The fraction of sp³-hybridized carbons (Fsp3) is 0.200. The summed E-state index contributed by atoms with van der Waals surface area (Å²) in [5, 5.41) is 3.81. The van der Waals surface area contributed by atoms with Gasteiger partial charge >= 0.3 is 0 Å². The molecule has 0 unspecified atom stereocenters. The first-order valence-electron chi connectivity index (χ1n) is 8.21. The molecule has 25 heavy (non-hydrogen) atoms. The number of fused-ring (bicyclic) bond motifs is 1. The molecule has 0 radical (unpaired) electrons. The number of ether oxygens (including phenoxy) is 2. The van der Waals surface area contributed by atoms with E-state index in [0.717, 1.165) is 16.7 Å². The molecule has 0 aliphatic heterocycles. The van der Waals surface area contributed by atoms with Gasteiger partial charge < -0.3 is 14.8 Å². The number of carbonyl (C=O) groups is 1. The maximum absolute atomic E-state index is 12.4. The highest BCUT2D eigenvalue weighted by molar-refractivity contribution is 5.94. The van der Waals surface area contributed by atoms with E-state index in [9.17, 15) is 4.79 Å². The largest absolute Gasteiger partial charge is 0.494 e. The average molecular weight is 336 g/mol. The molecule has 5 heteroatoms. The van der Waals surface area contributed by atoms with E-state index in [0.29, 0.717) is 18.0 Å². The van der Waals surface area contributed by atoms with Crippen LogP contribution in [0.4, 0.5) is 5.69 Å². The monoisotopic (exact) mass is 336 g/mol. The minimum atomic E-state index is -0.654. The first-order chi connectivity index (χ1) is 12.2. The standard InChI is InChI=1S/C20H20N2O3/c1-3-24-17-11-9-16(10-12-17)22-20(23)14(2)25-18-8-4-6-15-7-5-13-21-19(15)18/h4-14H,3H2,1-2H3,(H,22,23)/t14-/m0/s1. The Kier molecular flexibility index (Phi) is 5.14. The molecule has 0 saturated carbocycles. The van der Waals surface area contributed by atoms with Gasteiger partial charge in [-0.1, -0.05) is 18.2 Å². The average Bonchev–Trinajstić information content (AvgIpc) is 2.64. The maximum Gasteiger partial charge on any atom is 0.265 e. The molecular formula is C20H20N2O3. The van der Waals surface area contributed by atoms with Crippen LogP contribution >= 0.6 is 0 Å². The topological polar surface area (TPSA) is 60.5 Å². The first kappa shape index (κ1) is 16.8. The second kappa shape index (κ2) is 7.66. The number of nitrogens with one attached hydrogen (secondary N) is 1. The van der Waals surface area contributed by atoms with E-state index in [1.165, 1.54) is 0 Å². The molecule has 1 aromatic heterocycles. The molecule has 1 N–H and O–H groups in total. The summed E-state index contributed by atoms with van der Waals surface area (Å²) in [6, 6.07) is 16.7. The van der Waals surface area contributed by atoms with Crippen LogP contribution < -0.4 is 14.8 Å². The van der Waals surface area contributed by atoms with Crippen LogP contribution in [0.3, 0.4) is 0 Å². The van der Waals surface area contributed by atoms with Crippen LogP contribution in [-0.2, 0) is 4.79 Å². The molecule has 0 aliphatic carbocycles.